The normalized spacial score (nSPS) is 34.5. The molecule has 1 heterocycles. The first kappa shape index (κ1) is 19.0. The summed E-state index contributed by atoms with van der Waals surface area (Å²) in [5.74, 6) is -0.844. The summed E-state index contributed by atoms with van der Waals surface area (Å²) in [5, 5.41) is 19.7. The third-order valence-electron chi connectivity index (χ3n) is 7.03. The minimum Gasteiger partial charge on any atom is -0.508 e. The molecule has 1 saturated carbocycles. The number of phenols is 1. The third kappa shape index (κ3) is 2.82. The Hall–Kier alpha value is -2.34. The van der Waals surface area contributed by atoms with Crippen LogP contribution in [0.15, 0.2) is 35.4 Å². The second kappa shape index (κ2) is 6.62. The van der Waals surface area contributed by atoms with Crippen molar-refractivity contribution in [2.75, 3.05) is 13.2 Å². The maximum absolute atomic E-state index is 12.8. The van der Waals surface area contributed by atoms with Gasteiger partial charge in [0.25, 0.3) is 0 Å². The number of cyclic esters (lactones) is 1. The highest BCUT2D eigenvalue weighted by Crippen LogP contribution is 2.61. The fraction of sp³-hybridized carbons (Fsp3) is 0.545. The molecule has 2 N–H and O–H groups in total. The van der Waals surface area contributed by atoms with Gasteiger partial charge in [-0.1, -0.05) is 20.3 Å². The Balaban J connectivity index is 1.72. The zero-order chi connectivity index (χ0) is 20.1. The molecular formula is C22H26O6. The highest BCUT2D eigenvalue weighted by molar-refractivity contribution is 5.93. The Labute approximate surface area is 164 Å². The number of benzene rings is 1. The molecule has 28 heavy (non-hydrogen) atoms. The topological polar surface area (TPSA) is 93.1 Å². The lowest BCUT2D eigenvalue weighted by Gasteiger charge is -2.56. The number of aromatic hydroxyl groups is 1. The van der Waals surface area contributed by atoms with E-state index in [9.17, 15) is 19.8 Å². The monoisotopic (exact) mass is 386 g/mol. The molecule has 0 bridgehead atoms. The van der Waals surface area contributed by atoms with E-state index in [4.69, 9.17) is 9.47 Å². The summed E-state index contributed by atoms with van der Waals surface area (Å²) >= 11 is 0. The number of carbonyl (C=O) groups excluding carboxylic acids is 2. The Morgan fingerprint density at radius 3 is 2.64 bits per heavy atom. The van der Waals surface area contributed by atoms with Gasteiger partial charge in [-0.2, -0.15) is 0 Å². The third-order valence-corrected chi connectivity index (χ3v) is 7.03. The van der Waals surface area contributed by atoms with Crippen molar-refractivity contribution < 1.29 is 29.3 Å². The number of hydrogen-bond donors (Lipinski definition) is 2. The second-order valence-corrected chi connectivity index (χ2v) is 8.79. The number of aliphatic hydroxyl groups is 1. The molecule has 1 aromatic rings. The van der Waals surface area contributed by atoms with E-state index < -0.39 is 17.5 Å². The van der Waals surface area contributed by atoms with Crippen LogP contribution in [-0.2, 0) is 14.3 Å². The number of esters is 2. The van der Waals surface area contributed by atoms with Gasteiger partial charge in [0.1, 0.15) is 18.5 Å². The first-order valence-electron chi connectivity index (χ1n) is 9.79. The van der Waals surface area contributed by atoms with E-state index in [2.05, 4.69) is 6.92 Å². The summed E-state index contributed by atoms with van der Waals surface area (Å²) in [6, 6.07) is 5.91. The molecule has 1 aliphatic heterocycles. The fourth-order valence-corrected chi connectivity index (χ4v) is 5.70. The van der Waals surface area contributed by atoms with Crippen molar-refractivity contribution in [3.8, 4) is 5.75 Å². The van der Waals surface area contributed by atoms with Crippen LogP contribution in [-0.4, -0.2) is 41.5 Å². The average Bonchev–Trinajstić information content (AvgIpc) is 3.04. The number of rotatable bonds is 3. The molecule has 0 amide bonds. The predicted octanol–water partition coefficient (Wildman–Crippen LogP) is 2.98. The van der Waals surface area contributed by atoms with Crippen LogP contribution in [0.2, 0.25) is 0 Å². The zero-order valence-electron chi connectivity index (χ0n) is 16.2. The molecule has 2 aliphatic carbocycles. The molecule has 4 rings (SSSR count). The number of fused-ring (bicyclic) bond motifs is 2. The Morgan fingerprint density at radius 2 is 1.96 bits per heavy atom. The molecule has 4 atom stereocenters. The molecule has 1 fully saturated rings. The van der Waals surface area contributed by atoms with Crippen LogP contribution in [0.5, 0.6) is 5.75 Å². The molecule has 0 spiro atoms. The van der Waals surface area contributed by atoms with Crippen molar-refractivity contribution in [2.24, 2.45) is 16.7 Å². The van der Waals surface area contributed by atoms with Crippen LogP contribution in [0.1, 0.15) is 49.9 Å². The van der Waals surface area contributed by atoms with E-state index in [1.54, 1.807) is 0 Å². The lowest BCUT2D eigenvalue weighted by atomic mass is 9.49. The van der Waals surface area contributed by atoms with E-state index in [1.165, 1.54) is 24.3 Å². The van der Waals surface area contributed by atoms with Crippen LogP contribution in [0.25, 0.3) is 0 Å². The highest BCUT2D eigenvalue weighted by Gasteiger charge is 2.59. The fourth-order valence-electron chi connectivity index (χ4n) is 5.70. The van der Waals surface area contributed by atoms with Crippen LogP contribution in [0.4, 0.5) is 0 Å². The molecule has 1 aromatic carbocycles. The van der Waals surface area contributed by atoms with Gasteiger partial charge in [-0.05, 0) is 53.5 Å². The smallest absolute Gasteiger partial charge is 0.338 e. The maximum Gasteiger partial charge on any atom is 0.338 e. The van der Waals surface area contributed by atoms with Gasteiger partial charge in [0, 0.05) is 24.5 Å². The number of ether oxygens (including phenoxy) is 2. The molecule has 150 valence electrons. The lowest BCUT2D eigenvalue weighted by molar-refractivity contribution is -0.136. The van der Waals surface area contributed by atoms with E-state index in [0.29, 0.717) is 24.2 Å². The molecule has 4 unspecified atom stereocenters. The van der Waals surface area contributed by atoms with Gasteiger partial charge >= 0.3 is 11.9 Å². The highest BCUT2D eigenvalue weighted by atomic mass is 16.5. The number of carbonyl (C=O) groups is 2. The van der Waals surface area contributed by atoms with Crippen molar-refractivity contribution >= 4 is 11.9 Å². The zero-order valence-corrected chi connectivity index (χ0v) is 16.2. The molecule has 3 aliphatic rings. The lowest BCUT2D eigenvalue weighted by Crippen LogP contribution is -2.55. The van der Waals surface area contributed by atoms with Crippen LogP contribution in [0, 0.1) is 16.7 Å². The van der Waals surface area contributed by atoms with Gasteiger partial charge in [0.05, 0.1) is 5.56 Å². The summed E-state index contributed by atoms with van der Waals surface area (Å²) in [7, 11) is 0. The molecule has 6 nitrogen and oxygen atoms in total. The van der Waals surface area contributed by atoms with E-state index in [-0.39, 0.29) is 29.7 Å². The summed E-state index contributed by atoms with van der Waals surface area (Å²) in [6.07, 6.45) is 2.44. The number of phenolic OH excluding ortho intramolecular Hbond substituents is 1. The Bertz CT molecular complexity index is 841. The first-order chi connectivity index (χ1) is 13.3. The molecule has 0 saturated heterocycles. The van der Waals surface area contributed by atoms with Gasteiger partial charge in [0.15, 0.2) is 0 Å². The average molecular weight is 386 g/mol. The number of hydrogen-bond acceptors (Lipinski definition) is 6. The largest absolute Gasteiger partial charge is 0.508 e. The first-order valence-corrected chi connectivity index (χ1v) is 9.79. The summed E-state index contributed by atoms with van der Waals surface area (Å²) < 4.78 is 11.3. The van der Waals surface area contributed by atoms with E-state index in [1.807, 2.05) is 6.92 Å². The second-order valence-electron chi connectivity index (χ2n) is 8.79. The van der Waals surface area contributed by atoms with Crippen molar-refractivity contribution in [3.63, 3.8) is 0 Å². The van der Waals surface area contributed by atoms with Gasteiger partial charge in [-0.25, -0.2) is 9.59 Å². The molecule has 0 aromatic heterocycles. The van der Waals surface area contributed by atoms with Crippen LogP contribution < -0.4 is 0 Å². The SMILES string of the molecule is CC1(CO)CCCC2(C)C3=C(CC(OC(=O)c4ccc(O)cc4)C12)C(=O)OC3. The molecule has 0 radical (unpaired) electrons. The molecular weight excluding hydrogens is 360 g/mol. The van der Waals surface area contributed by atoms with E-state index >= 15 is 0 Å². The predicted molar refractivity (Wildman–Crippen MR) is 101 cm³/mol. The Kier molecular flexibility index (Phi) is 4.49. The standard InChI is InChI=1S/C22H26O6/c1-21(12-23)8-3-9-22(2)16-11-27-20(26)15(16)10-17(18(21)22)28-19(25)13-4-6-14(24)7-5-13/h4-7,17-18,23-24H,3,8-12H2,1-2H3. The van der Waals surface area contributed by atoms with Crippen LogP contribution >= 0.6 is 0 Å². The van der Waals surface area contributed by atoms with E-state index in [0.717, 1.165) is 24.8 Å². The Morgan fingerprint density at radius 1 is 1.25 bits per heavy atom. The van der Waals surface area contributed by atoms with Gasteiger partial charge in [-0.3, -0.25) is 0 Å². The van der Waals surface area contributed by atoms with Gasteiger partial charge in [0.2, 0.25) is 0 Å². The van der Waals surface area contributed by atoms with Crippen molar-refractivity contribution in [2.45, 2.75) is 45.6 Å². The van der Waals surface area contributed by atoms with Gasteiger partial charge in [-0.15, -0.1) is 0 Å². The van der Waals surface area contributed by atoms with Gasteiger partial charge < -0.3 is 19.7 Å². The number of aliphatic hydroxyl groups excluding tert-OH is 1. The van der Waals surface area contributed by atoms with Crippen molar-refractivity contribution in [1.82, 2.24) is 0 Å². The minimum atomic E-state index is -0.520. The van der Waals surface area contributed by atoms with Crippen molar-refractivity contribution in [1.29, 1.82) is 0 Å². The maximum atomic E-state index is 12.8. The van der Waals surface area contributed by atoms with Crippen LogP contribution in [0.3, 0.4) is 0 Å². The molecule has 6 heteroatoms. The minimum absolute atomic E-state index is 0.00205. The quantitative estimate of drug-likeness (QED) is 0.776. The summed E-state index contributed by atoms with van der Waals surface area (Å²) in [5.41, 5.74) is 1.23. The summed E-state index contributed by atoms with van der Waals surface area (Å²) in [6.45, 7) is 4.45. The van der Waals surface area contributed by atoms with Crippen molar-refractivity contribution in [3.05, 3.63) is 41.0 Å². The summed E-state index contributed by atoms with van der Waals surface area (Å²) in [4.78, 5) is 25.1.